The summed E-state index contributed by atoms with van der Waals surface area (Å²) < 4.78 is 19.0. The molecule has 6 rings (SSSR count). The average Bonchev–Trinajstić information content (AvgIpc) is 3.30. The van der Waals surface area contributed by atoms with Crippen LogP contribution in [-0.4, -0.2) is 31.8 Å². The Morgan fingerprint density at radius 3 is 2.54 bits per heavy atom. The highest BCUT2D eigenvalue weighted by atomic mass is 16.5. The molecule has 0 saturated carbocycles. The summed E-state index contributed by atoms with van der Waals surface area (Å²) in [4.78, 5) is 9.31. The van der Waals surface area contributed by atoms with E-state index >= 15 is 0 Å². The Kier molecular flexibility index (Phi) is 4.99. The second-order valence-corrected chi connectivity index (χ2v) is 8.39. The summed E-state index contributed by atoms with van der Waals surface area (Å²) in [7, 11) is 1.64. The van der Waals surface area contributed by atoms with E-state index in [0.717, 1.165) is 28.2 Å². The van der Waals surface area contributed by atoms with Crippen LogP contribution in [0.15, 0.2) is 73.1 Å². The highest BCUT2D eigenvalue weighted by Crippen LogP contribution is 2.48. The summed E-state index contributed by atoms with van der Waals surface area (Å²) in [6.07, 6.45) is 1.58. The zero-order chi connectivity index (χ0) is 23.9. The molecule has 2 aromatic heterocycles. The second kappa shape index (κ2) is 8.32. The summed E-state index contributed by atoms with van der Waals surface area (Å²) in [6.45, 7) is 2.25. The van der Waals surface area contributed by atoms with Crippen molar-refractivity contribution in [3.63, 3.8) is 0 Å². The number of rotatable bonds is 5. The summed E-state index contributed by atoms with van der Waals surface area (Å²) in [5.41, 5.74) is 4.51. The summed E-state index contributed by atoms with van der Waals surface area (Å²) in [5.74, 6) is 2.92. The van der Waals surface area contributed by atoms with E-state index in [0.29, 0.717) is 23.1 Å². The van der Waals surface area contributed by atoms with Gasteiger partial charge in [0.05, 0.1) is 12.7 Å². The lowest BCUT2D eigenvalue weighted by Gasteiger charge is -2.28. The molecule has 3 aromatic carbocycles. The zero-order valence-electron chi connectivity index (χ0n) is 19.2. The molecule has 1 N–H and O–H groups in total. The van der Waals surface area contributed by atoms with E-state index in [9.17, 15) is 5.11 Å². The van der Waals surface area contributed by atoms with Crippen molar-refractivity contribution in [2.45, 2.75) is 19.4 Å². The predicted molar refractivity (Wildman–Crippen MR) is 128 cm³/mol. The van der Waals surface area contributed by atoms with Gasteiger partial charge in [-0.1, -0.05) is 35.9 Å². The third-order valence-corrected chi connectivity index (χ3v) is 6.07. The van der Waals surface area contributed by atoms with Crippen LogP contribution in [0.2, 0.25) is 0 Å². The quantitative estimate of drug-likeness (QED) is 0.382. The molecule has 1 atom stereocenters. The maximum atomic E-state index is 10.0. The lowest BCUT2D eigenvalue weighted by atomic mass is 9.84. The normalized spacial score (nSPS) is 14.2. The number of phenolic OH excluding ortho intramolecular Hbond substituents is 1. The Balaban J connectivity index is 1.44. The number of nitrogens with zero attached hydrogens (tertiary/aromatic N) is 4. The summed E-state index contributed by atoms with van der Waals surface area (Å²) in [6, 6.07) is 20.8. The number of benzene rings is 3. The van der Waals surface area contributed by atoms with Gasteiger partial charge in [-0.15, -0.1) is 5.10 Å². The van der Waals surface area contributed by atoms with Crippen molar-refractivity contribution in [1.82, 2.24) is 19.6 Å². The van der Waals surface area contributed by atoms with Crippen LogP contribution in [0.3, 0.4) is 0 Å². The van der Waals surface area contributed by atoms with Crippen molar-refractivity contribution in [1.29, 1.82) is 0 Å². The van der Waals surface area contributed by atoms with Gasteiger partial charge in [0.25, 0.3) is 0 Å². The molecular formula is C27H22N4O4. The molecule has 0 amide bonds. The first-order chi connectivity index (χ1) is 17.1. The van der Waals surface area contributed by atoms with E-state index in [2.05, 4.69) is 10.1 Å². The van der Waals surface area contributed by atoms with E-state index in [1.54, 1.807) is 30.1 Å². The van der Waals surface area contributed by atoms with Crippen molar-refractivity contribution < 1.29 is 19.3 Å². The van der Waals surface area contributed by atoms with Gasteiger partial charge in [0, 0.05) is 17.5 Å². The standard InChI is InChI=1S/C27H22N4O4/c1-16-3-8-20(9-4-16)34-14-23-29-26-25-24(17-5-10-19(33-2)11-6-17)21-12-7-18(32)13-22(21)35-27(25)28-15-31(26)30-23/h3-13,15,24,32H,14H2,1-2H3. The molecule has 8 nitrogen and oxygen atoms in total. The Labute approximate surface area is 201 Å². The highest BCUT2D eigenvalue weighted by Gasteiger charge is 2.33. The molecule has 5 aromatic rings. The minimum absolute atomic E-state index is 0.125. The van der Waals surface area contributed by atoms with Crippen LogP contribution >= 0.6 is 0 Å². The van der Waals surface area contributed by atoms with Crippen LogP contribution in [-0.2, 0) is 6.61 Å². The number of hydrogen-bond donors (Lipinski definition) is 1. The molecule has 0 fully saturated rings. The van der Waals surface area contributed by atoms with Gasteiger partial charge in [-0.25, -0.2) is 14.5 Å². The first kappa shape index (κ1) is 21.0. The van der Waals surface area contributed by atoms with Gasteiger partial charge < -0.3 is 19.3 Å². The van der Waals surface area contributed by atoms with Gasteiger partial charge in [-0.05, 0) is 42.8 Å². The molecule has 0 bridgehead atoms. The first-order valence-corrected chi connectivity index (χ1v) is 11.2. The molecule has 174 valence electrons. The number of aromatic nitrogens is 4. The Morgan fingerprint density at radius 1 is 1.00 bits per heavy atom. The predicted octanol–water partition coefficient (Wildman–Crippen LogP) is 5.01. The smallest absolute Gasteiger partial charge is 0.228 e. The van der Waals surface area contributed by atoms with Crippen LogP contribution in [0.25, 0.3) is 5.65 Å². The van der Waals surface area contributed by atoms with Crippen LogP contribution in [0.5, 0.6) is 28.9 Å². The number of methoxy groups -OCH3 is 1. The van der Waals surface area contributed by atoms with E-state index < -0.39 is 0 Å². The van der Waals surface area contributed by atoms with Gasteiger partial charge in [0.1, 0.15) is 35.9 Å². The van der Waals surface area contributed by atoms with Gasteiger partial charge in [0.15, 0.2) is 11.5 Å². The SMILES string of the molecule is COc1ccc(C2c3ccc(O)cc3Oc3ncn4nc(COc5ccc(C)cc5)nc4c32)cc1. The van der Waals surface area contributed by atoms with Crippen molar-refractivity contribution in [3.8, 4) is 28.9 Å². The molecule has 35 heavy (non-hydrogen) atoms. The molecule has 0 radical (unpaired) electrons. The van der Waals surface area contributed by atoms with Gasteiger partial charge in [-0.3, -0.25) is 0 Å². The maximum Gasteiger partial charge on any atom is 0.228 e. The molecule has 0 spiro atoms. The number of phenols is 1. The fraction of sp³-hybridized carbons (Fsp3) is 0.148. The number of ether oxygens (including phenoxy) is 3. The van der Waals surface area contributed by atoms with Crippen molar-refractivity contribution in [2.75, 3.05) is 7.11 Å². The monoisotopic (exact) mass is 466 g/mol. The molecule has 0 saturated heterocycles. The molecule has 3 heterocycles. The number of fused-ring (bicyclic) bond motifs is 4. The fourth-order valence-electron chi connectivity index (χ4n) is 4.33. The van der Waals surface area contributed by atoms with Crippen molar-refractivity contribution in [3.05, 3.63) is 101 Å². The van der Waals surface area contributed by atoms with E-state index in [4.69, 9.17) is 19.2 Å². The van der Waals surface area contributed by atoms with Gasteiger partial charge >= 0.3 is 0 Å². The van der Waals surface area contributed by atoms with E-state index in [1.165, 1.54) is 5.56 Å². The maximum absolute atomic E-state index is 10.0. The van der Waals surface area contributed by atoms with Crippen LogP contribution in [0.1, 0.15) is 34.0 Å². The lowest BCUT2D eigenvalue weighted by molar-refractivity contribution is 0.296. The van der Waals surface area contributed by atoms with Crippen LogP contribution < -0.4 is 14.2 Å². The van der Waals surface area contributed by atoms with Crippen molar-refractivity contribution >= 4 is 5.65 Å². The van der Waals surface area contributed by atoms with Crippen LogP contribution in [0.4, 0.5) is 0 Å². The minimum Gasteiger partial charge on any atom is -0.508 e. The van der Waals surface area contributed by atoms with Gasteiger partial charge in [0.2, 0.25) is 5.88 Å². The van der Waals surface area contributed by atoms with Gasteiger partial charge in [-0.2, -0.15) is 0 Å². The third-order valence-electron chi connectivity index (χ3n) is 6.07. The molecule has 1 unspecified atom stereocenters. The van der Waals surface area contributed by atoms with E-state index in [1.807, 2.05) is 61.5 Å². The Hall–Kier alpha value is -4.59. The zero-order valence-corrected chi connectivity index (χ0v) is 19.2. The van der Waals surface area contributed by atoms with Crippen molar-refractivity contribution in [2.24, 2.45) is 0 Å². The fourth-order valence-corrected chi connectivity index (χ4v) is 4.33. The lowest BCUT2D eigenvalue weighted by Crippen LogP contribution is -2.15. The third kappa shape index (κ3) is 3.78. The highest BCUT2D eigenvalue weighted by molar-refractivity contribution is 5.66. The minimum atomic E-state index is -0.230. The number of aromatic hydroxyl groups is 1. The topological polar surface area (TPSA) is 91.0 Å². The average molecular weight is 466 g/mol. The van der Waals surface area contributed by atoms with E-state index in [-0.39, 0.29) is 18.3 Å². The molecule has 0 aliphatic carbocycles. The number of hydrogen-bond acceptors (Lipinski definition) is 7. The Bertz CT molecular complexity index is 1530. The number of aryl methyl sites for hydroxylation is 1. The molecular weight excluding hydrogens is 444 g/mol. The summed E-state index contributed by atoms with van der Waals surface area (Å²) >= 11 is 0. The molecule has 8 heteroatoms. The second-order valence-electron chi connectivity index (χ2n) is 8.39. The first-order valence-electron chi connectivity index (χ1n) is 11.2. The molecule has 1 aliphatic rings. The summed E-state index contributed by atoms with van der Waals surface area (Å²) in [5, 5.41) is 14.6. The van der Waals surface area contributed by atoms with Crippen LogP contribution in [0, 0.1) is 6.92 Å². The Morgan fingerprint density at radius 2 is 1.77 bits per heavy atom. The largest absolute Gasteiger partial charge is 0.508 e. The molecule has 1 aliphatic heterocycles.